The minimum atomic E-state index is -4.42. The lowest BCUT2D eigenvalue weighted by atomic mass is 10.3. The second kappa shape index (κ2) is 3.56. The molecule has 1 rings (SSSR count). The van der Waals surface area contributed by atoms with Crippen molar-refractivity contribution in [3.05, 3.63) is 17.0 Å². The molecular formula is C5H4BF3O3S. The minimum Gasteiger partial charge on any atom is -0.504 e. The highest BCUT2D eigenvalue weighted by Gasteiger charge is 2.33. The van der Waals surface area contributed by atoms with Crippen molar-refractivity contribution in [2.45, 2.75) is 6.18 Å². The normalized spacial score (nSPS) is 11.5. The van der Waals surface area contributed by atoms with E-state index < -0.39 is 18.4 Å². The second-order valence-electron chi connectivity index (χ2n) is 2.06. The lowest BCUT2D eigenvalue weighted by Crippen LogP contribution is -2.19. The van der Waals surface area contributed by atoms with Crippen molar-refractivity contribution in [1.82, 2.24) is 0 Å². The van der Waals surface area contributed by atoms with Gasteiger partial charge in [0.05, 0.1) is 0 Å². The standard InChI is InChI=1S/C5H4BF3O3S/c7-5(8,9)3-1-2-4(13-3)12-6(10)11/h1-2,10-11H. The third-order valence-corrected chi connectivity index (χ3v) is 2.10. The number of halogens is 3. The molecule has 0 atom stereocenters. The van der Waals surface area contributed by atoms with Gasteiger partial charge in [-0.1, -0.05) is 11.3 Å². The van der Waals surface area contributed by atoms with Crippen LogP contribution in [-0.4, -0.2) is 17.4 Å². The van der Waals surface area contributed by atoms with E-state index in [1.54, 1.807) is 0 Å². The number of alkyl halides is 3. The van der Waals surface area contributed by atoms with Gasteiger partial charge < -0.3 is 14.7 Å². The van der Waals surface area contributed by atoms with Crippen LogP contribution in [0.2, 0.25) is 0 Å². The van der Waals surface area contributed by atoms with E-state index in [0.29, 0.717) is 11.3 Å². The molecule has 0 radical (unpaired) electrons. The highest BCUT2D eigenvalue weighted by atomic mass is 32.1. The summed E-state index contributed by atoms with van der Waals surface area (Å²) in [4.78, 5) is -0.844. The van der Waals surface area contributed by atoms with Crippen LogP contribution in [0.1, 0.15) is 4.88 Å². The van der Waals surface area contributed by atoms with Gasteiger partial charge in [0.25, 0.3) is 0 Å². The summed E-state index contributed by atoms with van der Waals surface area (Å²) in [6, 6.07) is 1.83. The molecule has 0 spiro atoms. The minimum absolute atomic E-state index is 0.192. The topological polar surface area (TPSA) is 49.7 Å². The van der Waals surface area contributed by atoms with Gasteiger partial charge in [-0.25, -0.2) is 0 Å². The Kier molecular flexibility index (Phi) is 2.84. The molecule has 0 bridgehead atoms. The molecule has 1 aromatic heterocycles. The van der Waals surface area contributed by atoms with E-state index in [1.807, 2.05) is 0 Å². The maximum absolute atomic E-state index is 12.0. The average Bonchev–Trinajstić information content (AvgIpc) is 2.32. The molecule has 0 aliphatic carbocycles. The predicted molar refractivity (Wildman–Crippen MR) is 40.1 cm³/mol. The van der Waals surface area contributed by atoms with Crippen LogP contribution < -0.4 is 4.65 Å². The number of hydrogen-bond acceptors (Lipinski definition) is 4. The maximum Gasteiger partial charge on any atom is 0.708 e. The Bertz CT molecular complexity index is 285. The van der Waals surface area contributed by atoms with Crippen LogP contribution in [0.25, 0.3) is 0 Å². The van der Waals surface area contributed by atoms with Crippen LogP contribution >= 0.6 is 11.3 Å². The van der Waals surface area contributed by atoms with Gasteiger partial charge in [0, 0.05) is 0 Å². The van der Waals surface area contributed by atoms with Gasteiger partial charge in [-0.05, 0) is 12.1 Å². The van der Waals surface area contributed by atoms with Crippen LogP contribution in [0, 0.1) is 0 Å². The van der Waals surface area contributed by atoms with E-state index in [2.05, 4.69) is 4.65 Å². The zero-order valence-electron chi connectivity index (χ0n) is 6.08. The third-order valence-electron chi connectivity index (χ3n) is 1.08. The fraction of sp³-hybridized carbons (Fsp3) is 0.200. The lowest BCUT2D eigenvalue weighted by Gasteiger charge is -2.01. The molecule has 1 aromatic rings. The molecule has 1 heterocycles. The summed E-state index contributed by atoms with van der Waals surface area (Å²) >= 11 is 0.301. The maximum atomic E-state index is 12.0. The molecule has 13 heavy (non-hydrogen) atoms. The Morgan fingerprint density at radius 3 is 2.31 bits per heavy atom. The van der Waals surface area contributed by atoms with Gasteiger partial charge in [-0.15, -0.1) is 0 Å². The van der Waals surface area contributed by atoms with Gasteiger partial charge in [-0.3, -0.25) is 0 Å². The molecule has 0 unspecified atom stereocenters. The van der Waals surface area contributed by atoms with Crippen molar-refractivity contribution in [3.8, 4) is 5.06 Å². The number of hydrogen-bond donors (Lipinski definition) is 2. The summed E-state index contributed by atoms with van der Waals surface area (Å²) in [5.74, 6) is 0. The Labute approximate surface area is 75.6 Å². The Hall–Kier alpha value is -0.725. The van der Waals surface area contributed by atoms with Gasteiger partial charge in [0.15, 0.2) is 5.06 Å². The molecule has 0 fully saturated rings. The monoisotopic (exact) mass is 212 g/mol. The first-order chi connectivity index (χ1) is 5.89. The largest absolute Gasteiger partial charge is 0.708 e. The summed E-state index contributed by atoms with van der Waals surface area (Å²) in [6.45, 7) is 0. The first-order valence-electron chi connectivity index (χ1n) is 3.09. The molecule has 0 aliphatic rings. The van der Waals surface area contributed by atoms with Crippen molar-refractivity contribution in [2.75, 3.05) is 0 Å². The molecule has 2 N–H and O–H groups in total. The van der Waals surface area contributed by atoms with Crippen molar-refractivity contribution >= 4 is 18.7 Å². The van der Waals surface area contributed by atoms with Crippen LogP contribution in [-0.2, 0) is 6.18 Å². The van der Waals surface area contributed by atoms with Crippen LogP contribution in [0.4, 0.5) is 13.2 Å². The van der Waals surface area contributed by atoms with Crippen molar-refractivity contribution in [1.29, 1.82) is 0 Å². The number of thiophene rings is 1. The molecule has 72 valence electrons. The van der Waals surface area contributed by atoms with Gasteiger partial charge >= 0.3 is 13.5 Å². The average molecular weight is 212 g/mol. The van der Waals surface area contributed by atoms with Crippen molar-refractivity contribution < 1.29 is 27.9 Å². The SMILES string of the molecule is OB(O)Oc1ccc(C(F)(F)F)s1. The molecule has 8 heteroatoms. The van der Waals surface area contributed by atoms with Crippen molar-refractivity contribution in [2.24, 2.45) is 0 Å². The molecule has 3 nitrogen and oxygen atoms in total. The molecule has 0 saturated heterocycles. The van der Waals surface area contributed by atoms with E-state index in [0.717, 1.165) is 12.1 Å². The summed E-state index contributed by atoms with van der Waals surface area (Å²) in [5, 5.41) is 16.4. The highest BCUT2D eigenvalue weighted by molar-refractivity contribution is 7.14. The zero-order chi connectivity index (χ0) is 10.1. The fourth-order valence-corrected chi connectivity index (χ4v) is 1.38. The van der Waals surface area contributed by atoms with E-state index in [-0.39, 0.29) is 5.06 Å². The van der Waals surface area contributed by atoms with Crippen LogP contribution in [0.15, 0.2) is 12.1 Å². The van der Waals surface area contributed by atoms with E-state index in [9.17, 15) is 13.2 Å². The van der Waals surface area contributed by atoms with Gasteiger partial charge in [0.1, 0.15) is 4.88 Å². The predicted octanol–water partition coefficient (Wildman–Crippen LogP) is 1.12. The molecule has 0 saturated carbocycles. The first kappa shape index (κ1) is 10.4. The fourth-order valence-electron chi connectivity index (χ4n) is 0.640. The highest BCUT2D eigenvalue weighted by Crippen LogP contribution is 2.37. The third kappa shape index (κ3) is 2.90. The Morgan fingerprint density at radius 1 is 1.31 bits per heavy atom. The smallest absolute Gasteiger partial charge is 0.504 e. The molecule has 0 aliphatic heterocycles. The number of rotatable bonds is 2. The Balaban J connectivity index is 2.75. The summed E-state index contributed by atoms with van der Waals surface area (Å²) in [7, 11) is -2.10. The van der Waals surface area contributed by atoms with Gasteiger partial charge in [-0.2, -0.15) is 13.2 Å². The van der Waals surface area contributed by atoms with Crippen molar-refractivity contribution in [3.63, 3.8) is 0 Å². The van der Waals surface area contributed by atoms with E-state index in [1.165, 1.54) is 0 Å². The zero-order valence-corrected chi connectivity index (χ0v) is 6.89. The first-order valence-corrected chi connectivity index (χ1v) is 3.91. The van der Waals surface area contributed by atoms with Crippen LogP contribution in [0.5, 0.6) is 5.06 Å². The van der Waals surface area contributed by atoms with Gasteiger partial charge in [0.2, 0.25) is 0 Å². The lowest BCUT2D eigenvalue weighted by molar-refractivity contribution is -0.134. The molecular weight excluding hydrogens is 208 g/mol. The van der Waals surface area contributed by atoms with E-state index >= 15 is 0 Å². The Morgan fingerprint density at radius 2 is 1.92 bits per heavy atom. The summed E-state index contributed by atoms with van der Waals surface area (Å²) in [5.41, 5.74) is 0. The summed E-state index contributed by atoms with van der Waals surface area (Å²) < 4.78 is 40.1. The summed E-state index contributed by atoms with van der Waals surface area (Å²) in [6.07, 6.45) is -4.42. The quantitative estimate of drug-likeness (QED) is 0.722. The molecule has 0 aromatic carbocycles. The molecule has 0 amide bonds. The second-order valence-corrected chi connectivity index (χ2v) is 3.11. The van der Waals surface area contributed by atoms with Crippen LogP contribution in [0.3, 0.4) is 0 Å². The van der Waals surface area contributed by atoms with E-state index in [4.69, 9.17) is 10.0 Å².